The van der Waals surface area contributed by atoms with Crippen LogP contribution in [0.3, 0.4) is 0 Å². The summed E-state index contributed by atoms with van der Waals surface area (Å²) in [7, 11) is 1.28. The molecule has 0 saturated carbocycles. The van der Waals surface area contributed by atoms with Crippen molar-refractivity contribution in [3.8, 4) is 11.5 Å². The van der Waals surface area contributed by atoms with Crippen LogP contribution in [0.15, 0.2) is 36.4 Å². The lowest BCUT2D eigenvalue weighted by molar-refractivity contribution is -0.149. The number of nitrogens with two attached hydrogens (primary N) is 1. The summed E-state index contributed by atoms with van der Waals surface area (Å²) in [6, 6.07) is 5.65. The summed E-state index contributed by atoms with van der Waals surface area (Å²) >= 11 is 5.89. The fourth-order valence-corrected chi connectivity index (χ4v) is 2.22. The highest BCUT2D eigenvalue weighted by atomic mass is 35.5. The fraction of sp³-hybridized carbons (Fsp3) is 0.250. The number of ether oxygens (including phenoxy) is 2. The van der Waals surface area contributed by atoms with Gasteiger partial charge in [0.2, 0.25) is 0 Å². The molecule has 0 aliphatic heterocycles. The largest absolute Gasteiger partial charge is 0.493 e. The van der Waals surface area contributed by atoms with E-state index < -0.39 is 18.0 Å². The smallest absolute Gasteiger partial charge is 0.407 e. The van der Waals surface area contributed by atoms with Gasteiger partial charge in [-0.25, -0.2) is 4.39 Å². The molecular weight excluding hydrogens is 350 g/mol. The second-order valence-electron chi connectivity index (χ2n) is 4.92. The van der Waals surface area contributed by atoms with Crippen LogP contribution < -0.4 is 15.2 Å². The van der Waals surface area contributed by atoms with Gasteiger partial charge in [-0.1, -0.05) is 23.7 Å². The summed E-state index contributed by atoms with van der Waals surface area (Å²) in [5.41, 5.74) is 5.13. The number of alkyl halides is 3. The fourth-order valence-electron chi connectivity index (χ4n) is 2.01. The molecule has 3 nitrogen and oxygen atoms in total. The standard InChI is InChI=1S/C16H14ClF4NO2/c1-23-14-7-9(15(22)16(19,20)21)5-6-13(14)24-8-10-11(17)3-2-4-12(10)18/h2-7,15H,8,22H2,1H3/t15-/m1/s1. The summed E-state index contributed by atoms with van der Waals surface area (Å²) in [6.07, 6.45) is -4.58. The molecule has 0 unspecified atom stereocenters. The lowest BCUT2D eigenvalue weighted by atomic mass is 10.1. The number of hydrogen-bond donors (Lipinski definition) is 1. The van der Waals surface area contributed by atoms with Gasteiger partial charge in [0.1, 0.15) is 18.5 Å². The van der Waals surface area contributed by atoms with Crippen LogP contribution in [0.4, 0.5) is 17.6 Å². The zero-order valence-corrected chi connectivity index (χ0v) is 13.3. The van der Waals surface area contributed by atoms with Crippen molar-refractivity contribution in [2.75, 3.05) is 7.11 Å². The molecule has 0 spiro atoms. The van der Waals surface area contributed by atoms with Gasteiger partial charge in [-0.2, -0.15) is 13.2 Å². The van der Waals surface area contributed by atoms with Gasteiger partial charge < -0.3 is 15.2 Å². The normalized spacial score (nSPS) is 12.8. The van der Waals surface area contributed by atoms with E-state index in [1.807, 2.05) is 0 Å². The van der Waals surface area contributed by atoms with Crippen LogP contribution in [0.25, 0.3) is 0 Å². The van der Waals surface area contributed by atoms with Crippen molar-refractivity contribution in [3.05, 3.63) is 58.4 Å². The zero-order chi connectivity index (χ0) is 17.9. The Morgan fingerprint density at radius 1 is 1.17 bits per heavy atom. The minimum atomic E-state index is -4.58. The van der Waals surface area contributed by atoms with Crippen molar-refractivity contribution < 1.29 is 27.0 Å². The Morgan fingerprint density at radius 3 is 2.46 bits per heavy atom. The molecule has 8 heteroatoms. The van der Waals surface area contributed by atoms with E-state index in [2.05, 4.69) is 0 Å². The minimum absolute atomic E-state index is 0.0552. The van der Waals surface area contributed by atoms with Crippen LogP contribution in [-0.4, -0.2) is 13.3 Å². The molecule has 0 fully saturated rings. The quantitative estimate of drug-likeness (QED) is 0.788. The van der Waals surface area contributed by atoms with Gasteiger partial charge in [0.15, 0.2) is 11.5 Å². The third-order valence-electron chi connectivity index (χ3n) is 3.33. The molecule has 0 bridgehead atoms. The number of methoxy groups -OCH3 is 1. The summed E-state index contributed by atoms with van der Waals surface area (Å²) in [5, 5.41) is 0.185. The van der Waals surface area contributed by atoms with Crippen molar-refractivity contribution in [2.45, 2.75) is 18.8 Å². The van der Waals surface area contributed by atoms with Gasteiger partial charge >= 0.3 is 6.18 Å². The number of benzene rings is 2. The maximum Gasteiger partial charge on any atom is 0.407 e. The molecule has 2 aromatic rings. The van der Waals surface area contributed by atoms with Gasteiger partial charge in [0, 0.05) is 5.56 Å². The monoisotopic (exact) mass is 363 g/mol. The third kappa shape index (κ3) is 4.10. The average Bonchev–Trinajstić information content (AvgIpc) is 2.53. The Labute approximate surface area is 140 Å². The van der Waals surface area contributed by atoms with Crippen LogP contribution in [0.2, 0.25) is 5.02 Å². The second kappa shape index (κ2) is 7.27. The Morgan fingerprint density at radius 2 is 1.88 bits per heavy atom. The van der Waals surface area contributed by atoms with E-state index in [4.69, 9.17) is 26.8 Å². The van der Waals surface area contributed by atoms with Gasteiger partial charge in [0.05, 0.1) is 12.1 Å². The maximum atomic E-state index is 13.7. The van der Waals surface area contributed by atoms with Crippen LogP contribution in [0.5, 0.6) is 11.5 Å². The van der Waals surface area contributed by atoms with Gasteiger partial charge in [-0.15, -0.1) is 0 Å². The Hall–Kier alpha value is -1.99. The Balaban J connectivity index is 2.22. The van der Waals surface area contributed by atoms with Crippen molar-refractivity contribution in [3.63, 3.8) is 0 Å². The maximum absolute atomic E-state index is 13.7. The number of hydrogen-bond acceptors (Lipinski definition) is 3. The molecule has 0 aliphatic rings. The molecule has 0 saturated heterocycles. The molecular formula is C16H14ClF4NO2. The molecule has 24 heavy (non-hydrogen) atoms. The summed E-state index contributed by atoms with van der Waals surface area (Å²) < 4.78 is 62.2. The predicted octanol–water partition coefficient (Wildman–Crippen LogP) is 4.63. The highest BCUT2D eigenvalue weighted by molar-refractivity contribution is 6.31. The van der Waals surface area contributed by atoms with Crippen molar-refractivity contribution in [2.24, 2.45) is 5.73 Å². The molecule has 0 radical (unpaired) electrons. The average molecular weight is 364 g/mol. The summed E-state index contributed by atoms with van der Waals surface area (Å²) in [4.78, 5) is 0. The van der Waals surface area contributed by atoms with E-state index in [1.54, 1.807) is 0 Å². The lowest BCUT2D eigenvalue weighted by Gasteiger charge is -2.18. The molecule has 130 valence electrons. The molecule has 1 atom stereocenters. The Bertz CT molecular complexity index is 701. The first kappa shape index (κ1) is 18.4. The Kier molecular flexibility index (Phi) is 5.56. The molecule has 0 amide bonds. The van der Waals surface area contributed by atoms with E-state index in [0.717, 1.165) is 6.07 Å². The van der Waals surface area contributed by atoms with Gasteiger partial charge in [-0.05, 0) is 29.8 Å². The summed E-state index contributed by atoms with van der Waals surface area (Å²) in [5.74, 6) is -0.341. The van der Waals surface area contributed by atoms with E-state index >= 15 is 0 Å². The molecule has 2 rings (SSSR count). The van der Waals surface area contributed by atoms with E-state index in [1.165, 1.54) is 37.4 Å². The first-order chi connectivity index (χ1) is 11.2. The van der Waals surface area contributed by atoms with Gasteiger partial charge in [0.25, 0.3) is 0 Å². The SMILES string of the molecule is COc1cc([C@@H](N)C(F)(F)F)ccc1OCc1c(F)cccc1Cl. The van der Waals surface area contributed by atoms with Crippen LogP contribution in [0.1, 0.15) is 17.2 Å². The molecule has 0 aliphatic carbocycles. The first-order valence-corrected chi connectivity index (χ1v) is 7.17. The van der Waals surface area contributed by atoms with E-state index in [0.29, 0.717) is 0 Å². The molecule has 2 aromatic carbocycles. The first-order valence-electron chi connectivity index (χ1n) is 6.80. The molecule has 0 aromatic heterocycles. The molecule has 2 N–H and O–H groups in total. The minimum Gasteiger partial charge on any atom is -0.493 e. The van der Waals surface area contributed by atoms with Gasteiger partial charge in [-0.3, -0.25) is 0 Å². The highest BCUT2D eigenvalue weighted by Gasteiger charge is 2.38. The van der Waals surface area contributed by atoms with E-state index in [-0.39, 0.29) is 34.3 Å². The zero-order valence-electron chi connectivity index (χ0n) is 12.5. The lowest BCUT2D eigenvalue weighted by Crippen LogP contribution is -2.28. The number of halogens is 5. The third-order valence-corrected chi connectivity index (χ3v) is 3.69. The second-order valence-corrected chi connectivity index (χ2v) is 5.33. The molecule has 0 heterocycles. The summed E-state index contributed by atoms with van der Waals surface area (Å²) in [6.45, 7) is -0.202. The van der Waals surface area contributed by atoms with Crippen molar-refractivity contribution in [1.29, 1.82) is 0 Å². The van der Waals surface area contributed by atoms with Crippen molar-refractivity contribution in [1.82, 2.24) is 0 Å². The highest BCUT2D eigenvalue weighted by Crippen LogP contribution is 2.36. The van der Waals surface area contributed by atoms with Crippen LogP contribution in [0, 0.1) is 5.82 Å². The number of rotatable bonds is 5. The van der Waals surface area contributed by atoms with Crippen molar-refractivity contribution >= 4 is 11.6 Å². The van der Waals surface area contributed by atoms with Crippen LogP contribution >= 0.6 is 11.6 Å². The predicted molar refractivity (Wildman–Crippen MR) is 81.7 cm³/mol. The topological polar surface area (TPSA) is 44.5 Å². The van der Waals surface area contributed by atoms with Crippen LogP contribution in [-0.2, 0) is 6.61 Å². The van der Waals surface area contributed by atoms with E-state index in [9.17, 15) is 17.6 Å².